The first-order valence-corrected chi connectivity index (χ1v) is 3.60. The zero-order valence-electron chi connectivity index (χ0n) is 6.73. The van der Waals surface area contributed by atoms with Crippen LogP contribution in [0.4, 0.5) is 0 Å². The van der Waals surface area contributed by atoms with E-state index in [4.69, 9.17) is 9.84 Å². The second-order valence-electron chi connectivity index (χ2n) is 2.39. The van der Waals surface area contributed by atoms with E-state index >= 15 is 0 Å². The van der Waals surface area contributed by atoms with Crippen LogP contribution in [0.2, 0.25) is 0 Å². The van der Waals surface area contributed by atoms with Crippen LogP contribution < -0.4 is 4.74 Å². The summed E-state index contributed by atoms with van der Waals surface area (Å²) in [7, 11) is 0. The first-order chi connectivity index (χ1) is 5.70. The third-order valence-corrected chi connectivity index (χ3v) is 1.34. The van der Waals surface area contributed by atoms with E-state index in [0.717, 1.165) is 0 Å². The fourth-order valence-corrected chi connectivity index (χ4v) is 0.711. The number of para-hydroxylation sites is 1. The summed E-state index contributed by atoms with van der Waals surface area (Å²) in [6.45, 7) is 1.27. The summed E-state index contributed by atoms with van der Waals surface area (Å²) in [5.74, 6) is 0.0825. The second kappa shape index (κ2) is 3.88. The van der Waals surface area contributed by atoms with Gasteiger partial charge in [0.25, 0.3) is 6.29 Å². The van der Waals surface area contributed by atoms with Crippen molar-refractivity contribution in [1.29, 1.82) is 0 Å². The normalized spacial score (nSPS) is 12.2. The van der Waals surface area contributed by atoms with Crippen molar-refractivity contribution in [2.24, 2.45) is 0 Å². The molecule has 1 N–H and O–H groups in total. The number of rotatable bonds is 3. The van der Waals surface area contributed by atoms with Crippen LogP contribution >= 0.6 is 0 Å². The van der Waals surface area contributed by atoms with Gasteiger partial charge in [0.15, 0.2) is 5.78 Å². The van der Waals surface area contributed by atoms with Crippen LogP contribution in [0.5, 0.6) is 5.75 Å². The zero-order chi connectivity index (χ0) is 8.97. The number of Topliss-reactive ketones (excluding diaryl/α,β-unsaturated/α-hetero) is 1. The molecule has 0 aliphatic heterocycles. The van der Waals surface area contributed by atoms with E-state index in [9.17, 15) is 4.79 Å². The molecule has 0 saturated carbocycles. The lowest BCUT2D eigenvalue weighted by Gasteiger charge is -2.09. The molecule has 3 nitrogen and oxygen atoms in total. The van der Waals surface area contributed by atoms with Gasteiger partial charge >= 0.3 is 0 Å². The number of hydrogen-bond acceptors (Lipinski definition) is 3. The molecule has 64 valence electrons. The third-order valence-electron chi connectivity index (χ3n) is 1.34. The van der Waals surface area contributed by atoms with Crippen LogP contribution in [0.1, 0.15) is 6.92 Å². The first-order valence-electron chi connectivity index (χ1n) is 3.60. The van der Waals surface area contributed by atoms with Crippen LogP contribution in [0.15, 0.2) is 30.3 Å². The van der Waals surface area contributed by atoms with Gasteiger partial charge in [0, 0.05) is 6.92 Å². The van der Waals surface area contributed by atoms with Gasteiger partial charge in [-0.05, 0) is 12.1 Å². The van der Waals surface area contributed by atoms with Crippen molar-refractivity contribution in [3.63, 3.8) is 0 Å². The maximum absolute atomic E-state index is 10.6. The molecule has 0 saturated heterocycles. The standard InChI is InChI=1S/C9H10O3/c1-7(10)9(11)12-8-5-3-2-4-6-8/h2-6,9,11H,1H3. The highest BCUT2D eigenvalue weighted by Crippen LogP contribution is 2.09. The van der Waals surface area contributed by atoms with Gasteiger partial charge in [-0.2, -0.15) is 0 Å². The summed E-state index contributed by atoms with van der Waals surface area (Å²) in [5, 5.41) is 9.01. The van der Waals surface area contributed by atoms with E-state index < -0.39 is 12.1 Å². The summed E-state index contributed by atoms with van der Waals surface area (Å²) in [4.78, 5) is 10.6. The van der Waals surface area contributed by atoms with Crippen molar-refractivity contribution < 1.29 is 14.6 Å². The molecular weight excluding hydrogens is 156 g/mol. The van der Waals surface area contributed by atoms with E-state index in [1.807, 2.05) is 6.07 Å². The van der Waals surface area contributed by atoms with Gasteiger partial charge in [0.05, 0.1) is 0 Å². The fourth-order valence-electron chi connectivity index (χ4n) is 0.711. The van der Waals surface area contributed by atoms with Crippen molar-refractivity contribution >= 4 is 5.78 Å². The smallest absolute Gasteiger partial charge is 0.257 e. The maximum atomic E-state index is 10.6. The molecule has 0 amide bonds. The van der Waals surface area contributed by atoms with Crippen molar-refractivity contribution in [3.05, 3.63) is 30.3 Å². The second-order valence-corrected chi connectivity index (χ2v) is 2.39. The predicted octanol–water partition coefficient (Wildman–Crippen LogP) is 0.973. The molecule has 0 aliphatic rings. The molecule has 1 aromatic rings. The molecule has 1 rings (SSSR count). The van der Waals surface area contributed by atoms with Crippen LogP contribution in [0.25, 0.3) is 0 Å². The highest BCUT2D eigenvalue weighted by atomic mass is 16.6. The Labute approximate surface area is 70.6 Å². The Hall–Kier alpha value is -1.35. The predicted molar refractivity (Wildman–Crippen MR) is 43.8 cm³/mol. The Bertz CT molecular complexity index is 256. The van der Waals surface area contributed by atoms with Gasteiger partial charge in [-0.25, -0.2) is 0 Å². The van der Waals surface area contributed by atoms with Crippen LogP contribution in [-0.2, 0) is 4.79 Å². The first kappa shape index (κ1) is 8.74. The van der Waals surface area contributed by atoms with Gasteiger partial charge in [0.1, 0.15) is 5.75 Å². The van der Waals surface area contributed by atoms with Crippen molar-refractivity contribution in [2.45, 2.75) is 13.2 Å². The molecule has 12 heavy (non-hydrogen) atoms. The summed E-state index contributed by atoms with van der Waals surface area (Å²) in [6, 6.07) is 8.70. The lowest BCUT2D eigenvalue weighted by molar-refractivity contribution is -0.138. The van der Waals surface area contributed by atoms with Crippen molar-refractivity contribution in [2.75, 3.05) is 0 Å². The Morgan fingerprint density at radius 3 is 2.50 bits per heavy atom. The molecule has 1 atom stereocenters. The van der Waals surface area contributed by atoms with Gasteiger partial charge in [-0.3, -0.25) is 4.79 Å². The zero-order valence-corrected chi connectivity index (χ0v) is 6.73. The van der Waals surface area contributed by atoms with Gasteiger partial charge in [-0.1, -0.05) is 18.2 Å². The Morgan fingerprint density at radius 1 is 1.42 bits per heavy atom. The largest absolute Gasteiger partial charge is 0.458 e. The van der Waals surface area contributed by atoms with Crippen LogP contribution in [-0.4, -0.2) is 17.2 Å². The fraction of sp³-hybridized carbons (Fsp3) is 0.222. The minimum Gasteiger partial charge on any atom is -0.458 e. The molecule has 0 radical (unpaired) electrons. The average Bonchev–Trinajstić information content (AvgIpc) is 2.06. The van der Waals surface area contributed by atoms with E-state index in [-0.39, 0.29) is 0 Å². The number of hydrogen-bond donors (Lipinski definition) is 1. The lowest BCUT2D eigenvalue weighted by atomic mass is 10.3. The van der Waals surface area contributed by atoms with Crippen molar-refractivity contribution in [1.82, 2.24) is 0 Å². The van der Waals surface area contributed by atoms with Crippen LogP contribution in [0.3, 0.4) is 0 Å². The quantitative estimate of drug-likeness (QED) is 0.680. The third kappa shape index (κ3) is 2.36. The number of aliphatic hydroxyl groups is 1. The molecule has 0 aromatic heterocycles. The number of carbonyl (C=O) groups is 1. The van der Waals surface area contributed by atoms with Gasteiger partial charge < -0.3 is 9.84 Å². The minimum atomic E-state index is -1.35. The van der Waals surface area contributed by atoms with Crippen molar-refractivity contribution in [3.8, 4) is 5.75 Å². The number of aliphatic hydroxyl groups excluding tert-OH is 1. The van der Waals surface area contributed by atoms with E-state index in [0.29, 0.717) is 5.75 Å². The molecule has 1 unspecified atom stereocenters. The van der Waals surface area contributed by atoms with E-state index in [2.05, 4.69) is 0 Å². The van der Waals surface area contributed by atoms with Gasteiger partial charge in [0.2, 0.25) is 0 Å². The number of carbonyl (C=O) groups excluding carboxylic acids is 1. The molecule has 0 spiro atoms. The summed E-state index contributed by atoms with van der Waals surface area (Å²) in [6.07, 6.45) is -1.35. The van der Waals surface area contributed by atoms with Crippen LogP contribution in [0, 0.1) is 0 Å². The molecule has 1 aromatic carbocycles. The highest BCUT2D eigenvalue weighted by Gasteiger charge is 2.09. The molecule has 0 heterocycles. The lowest BCUT2D eigenvalue weighted by Crippen LogP contribution is -2.23. The SMILES string of the molecule is CC(=O)C(O)Oc1ccccc1. The average molecular weight is 166 g/mol. The van der Waals surface area contributed by atoms with E-state index in [1.54, 1.807) is 24.3 Å². The monoisotopic (exact) mass is 166 g/mol. The van der Waals surface area contributed by atoms with Gasteiger partial charge in [-0.15, -0.1) is 0 Å². The molecule has 3 heteroatoms. The maximum Gasteiger partial charge on any atom is 0.257 e. The summed E-state index contributed by atoms with van der Waals surface area (Å²) >= 11 is 0. The molecule has 0 fully saturated rings. The molecule has 0 aliphatic carbocycles. The minimum absolute atomic E-state index is 0.404. The van der Waals surface area contributed by atoms with E-state index in [1.165, 1.54) is 6.92 Å². The number of benzene rings is 1. The Morgan fingerprint density at radius 2 is 2.00 bits per heavy atom. The summed E-state index contributed by atoms with van der Waals surface area (Å²) in [5.41, 5.74) is 0. The molecular formula is C9H10O3. The number of ketones is 1. The Balaban J connectivity index is 2.58. The summed E-state index contributed by atoms with van der Waals surface area (Å²) < 4.78 is 4.88. The topological polar surface area (TPSA) is 46.5 Å². The molecule has 0 bridgehead atoms. The number of ether oxygens (including phenoxy) is 1. The Kier molecular flexibility index (Phi) is 2.82. The highest BCUT2D eigenvalue weighted by molar-refractivity contribution is 5.79.